The second-order valence-corrected chi connectivity index (χ2v) is 3.51. The zero-order chi connectivity index (χ0) is 9.97. The van der Waals surface area contributed by atoms with Crippen LogP contribution in [0.25, 0.3) is 11.1 Å². The molecule has 72 valence electrons. The van der Waals surface area contributed by atoms with Gasteiger partial charge in [0.1, 0.15) is 0 Å². The number of aryl methyl sites for hydroxylation is 1. The van der Waals surface area contributed by atoms with Crippen molar-refractivity contribution in [3.63, 3.8) is 0 Å². The molecule has 0 aliphatic carbocycles. The van der Waals surface area contributed by atoms with Crippen molar-refractivity contribution in [1.82, 2.24) is 4.57 Å². The van der Waals surface area contributed by atoms with E-state index in [1.54, 1.807) is 0 Å². The normalized spacial score (nSPS) is 10.4. The van der Waals surface area contributed by atoms with Gasteiger partial charge in [-0.3, -0.25) is 0 Å². The van der Waals surface area contributed by atoms with E-state index in [1.165, 1.54) is 16.8 Å². The molecule has 1 heteroatoms. The maximum atomic E-state index is 2.20. The van der Waals surface area contributed by atoms with Gasteiger partial charge in [-0.15, -0.1) is 0 Å². The SMILES string of the molecule is CCc1c(-c2ccccc2)ccn1C. The highest BCUT2D eigenvalue weighted by atomic mass is 14.9. The van der Waals surface area contributed by atoms with E-state index in [0.29, 0.717) is 0 Å². The Labute approximate surface area is 85.0 Å². The summed E-state index contributed by atoms with van der Waals surface area (Å²) in [6.45, 7) is 2.20. The number of rotatable bonds is 2. The van der Waals surface area contributed by atoms with Crippen LogP contribution in [0.1, 0.15) is 12.6 Å². The summed E-state index contributed by atoms with van der Waals surface area (Å²) in [5, 5.41) is 0. The number of nitrogens with zero attached hydrogens (tertiary/aromatic N) is 1. The van der Waals surface area contributed by atoms with E-state index in [-0.39, 0.29) is 0 Å². The number of aromatic nitrogens is 1. The lowest BCUT2D eigenvalue weighted by molar-refractivity contribution is 0.839. The molecule has 0 aliphatic heterocycles. The zero-order valence-corrected chi connectivity index (χ0v) is 8.70. The molecule has 0 saturated heterocycles. The summed E-state index contributed by atoms with van der Waals surface area (Å²) in [4.78, 5) is 0. The molecule has 2 aromatic rings. The van der Waals surface area contributed by atoms with Crippen molar-refractivity contribution in [2.45, 2.75) is 13.3 Å². The van der Waals surface area contributed by atoms with Gasteiger partial charge in [-0.25, -0.2) is 0 Å². The molecule has 0 radical (unpaired) electrons. The van der Waals surface area contributed by atoms with E-state index in [9.17, 15) is 0 Å². The maximum absolute atomic E-state index is 2.20. The summed E-state index contributed by atoms with van der Waals surface area (Å²) in [6.07, 6.45) is 3.20. The van der Waals surface area contributed by atoms with Crippen LogP contribution in [0.2, 0.25) is 0 Å². The third-order valence-electron chi connectivity index (χ3n) is 2.62. The largest absolute Gasteiger partial charge is 0.354 e. The maximum Gasteiger partial charge on any atom is 0.0247 e. The van der Waals surface area contributed by atoms with Gasteiger partial charge in [0.25, 0.3) is 0 Å². The van der Waals surface area contributed by atoms with Gasteiger partial charge >= 0.3 is 0 Å². The van der Waals surface area contributed by atoms with Crippen molar-refractivity contribution in [1.29, 1.82) is 0 Å². The summed E-state index contributed by atoms with van der Waals surface area (Å²) in [5.74, 6) is 0. The zero-order valence-electron chi connectivity index (χ0n) is 8.70. The second-order valence-electron chi connectivity index (χ2n) is 3.51. The van der Waals surface area contributed by atoms with E-state index in [2.05, 4.69) is 61.1 Å². The minimum absolute atomic E-state index is 1.08. The lowest BCUT2D eigenvalue weighted by atomic mass is 10.1. The van der Waals surface area contributed by atoms with Gasteiger partial charge in [-0.1, -0.05) is 37.3 Å². The van der Waals surface area contributed by atoms with E-state index < -0.39 is 0 Å². The molecule has 1 aromatic carbocycles. The van der Waals surface area contributed by atoms with Gasteiger partial charge in [0.05, 0.1) is 0 Å². The topological polar surface area (TPSA) is 4.93 Å². The fourth-order valence-electron chi connectivity index (χ4n) is 1.88. The van der Waals surface area contributed by atoms with E-state index in [0.717, 1.165) is 6.42 Å². The minimum atomic E-state index is 1.08. The molecule has 0 saturated carbocycles. The van der Waals surface area contributed by atoms with Crippen LogP contribution in [0.3, 0.4) is 0 Å². The Morgan fingerprint density at radius 2 is 1.79 bits per heavy atom. The van der Waals surface area contributed by atoms with Crippen LogP contribution in [0.4, 0.5) is 0 Å². The summed E-state index contributed by atoms with van der Waals surface area (Å²) in [6, 6.07) is 12.7. The molecular formula is C13H15N. The standard InChI is InChI=1S/C13H15N/c1-3-13-12(9-10-14(13)2)11-7-5-4-6-8-11/h4-10H,3H2,1-2H3. The van der Waals surface area contributed by atoms with Gasteiger partial charge in [0, 0.05) is 24.5 Å². The molecule has 0 bridgehead atoms. The van der Waals surface area contributed by atoms with Crippen LogP contribution in [0.15, 0.2) is 42.6 Å². The predicted molar refractivity (Wildman–Crippen MR) is 60.2 cm³/mol. The van der Waals surface area contributed by atoms with Gasteiger partial charge in [-0.05, 0) is 18.1 Å². The molecule has 0 spiro atoms. The van der Waals surface area contributed by atoms with Crippen LogP contribution in [-0.2, 0) is 13.5 Å². The average Bonchev–Trinajstić information content (AvgIpc) is 2.61. The Bertz CT molecular complexity index is 412. The molecule has 0 fully saturated rings. The quantitative estimate of drug-likeness (QED) is 0.676. The van der Waals surface area contributed by atoms with Crippen LogP contribution in [0.5, 0.6) is 0 Å². The molecule has 0 unspecified atom stereocenters. The monoisotopic (exact) mass is 185 g/mol. The van der Waals surface area contributed by atoms with Crippen molar-refractivity contribution in [2.75, 3.05) is 0 Å². The minimum Gasteiger partial charge on any atom is -0.354 e. The molecule has 0 N–H and O–H groups in total. The fraction of sp³-hybridized carbons (Fsp3) is 0.231. The Morgan fingerprint density at radius 3 is 2.43 bits per heavy atom. The van der Waals surface area contributed by atoms with Crippen molar-refractivity contribution in [3.8, 4) is 11.1 Å². The summed E-state index contributed by atoms with van der Waals surface area (Å²) in [7, 11) is 2.10. The van der Waals surface area contributed by atoms with Crippen LogP contribution in [0, 0.1) is 0 Å². The smallest absolute Gasteiger partial charge is 0.0247 e. The summed E-state index contributed by atoms with van der Waals surface area (Å²) >= 11 is 0. The molecular weight excluding hydrogens is 170 g/mol. The van der Waals surface area contributed by atoms with Crippen molar-refractivity contribution >= 4 is 0 Å². The highest BCUT2D eigenvalue weighted by molar-refractivity contribution is 5.66. The number of benzene rings is 1. The highest BCUT2D eigenvalue weighted by Crippen LogP contribution is 2.24. The lowest BCUT2D eigenvalue weighted by Gasteiger charge is -2.04. The van der Waals surface area contributed by atoms with E-state index in [1.807, 2.05) is 0 Å². The molecule has 2 rings (SSSR count). The fourth-order valence-corrected chi connectivity index (χ4v) is 1.88. The van der Waals surface area contributed by atoms with E-state index >= 15 is 0 Å². The molecule has 0 aliphatic rings. The highest BCUT2D eigenvalue weighted by Gasteiger charge is 2.05. The molecule has 0 amide bonds. The number of hydrogen-bond acceptors (Lipinski definition) is 0. The first-order chi connectivity index (χ1) is 6.83. The lowest BCUT2D eigenvalue weighted by Crippen LogP contribution is -1.94. The molecule has 1 aromatic heterocycles. The molecule has 1 heterocycles. The Balaban J connectivity index is 2.52. The van der Waals surface area contributed by atoms with Crippen LogP contribution < -0.4 is 0 Å². The second kappa shape index (κ2) is 3.70. The first kappa shape index (κ1) is 9.07. The Kier molecular flexibility index (Phi) is 2.40. The Morgan fingerprint density at radius 1 is 1.07 bits per heavy atom. The molecule has 1 nitrogen and oxygen atoms in total. The first-order valence-electron chi connectivity index (χ1n) is 5.02. The third kappa shape index (κ3) is 1.46. The van der Waals surface area contributed by atoms with Gasteiger partial charge in [0.15, 0.2) is 0 Å². The average molecular weight is 185 g/mol. The molecule has 0 atom stereocenters. The van der Waals surface area contributed by atoms with Crippen LogP contribution >= 0.6 is 0 Å². The Hall–Kier alpha value is -1.50. The first-order valence-corrected chi connectivity index (χ1v) is 5.02. The van der Waals surface area contributed by atoms with Gasteiger partial charge in [-0.2, -0.15) is 0 Å². The van der Waals surface area contributed by atoms with Gasteiger partial charge < -0.3 is 4.57 Å². The van der Waals surface area contributed by atoms with Crippen LogP contribution in [-0.4, -0.2) is 4.57 Å². The van der Waals surface area contributed by atoms with Crippen molar-refractivity contribution in [3.05, 3.63) is 48.3 Å². The third-order valence-corrected chi connectivity index (χ3v) is 2.62. The van der Waals surface area contributed by atoms with Gasteiger partial charge in [0.2, 0.25) is 0 Å². The molecule has 14 heavy (non-hydrogen) atoms. The van der Waals surface area contributed by atoms with E-state index in [4.69, 9.17) is 0 Å². The van der Waals surface area contributed by atoms with Crippen molar-refractivity contribution < 1.29 is 0 Å². The predicted octanol–water partition coefficient (Wildman–Crippen LogP) is 3.25. The number of hydrogen-bond donors (Lipinski definition) is 0. The summed E-state index contributed by atoms with van der Waals surface area (Å²) < 4.78 is 2.20. The summed E-state index contributed by atoms with van der Waals surface area (Å²) in [5.41, 5.74) is 4.07. The van der Waals surface area contributed by atoms with Crippen molar-refractivity contribution in [2.24, 2.45) is 7.05 Å².